The van der Waals surface area contributed by atoms with Crippen LogP contribution >= 0.6 is 0 Å². The molecule has 0 bridgehead atoms. The fourth-order valence-corrected chi connectivity index (χ4v) is 3.74. The molecule has 0 unspecified atom stereocenters. The standard InChI is InChI=1S/C28H26N2O5/c1-18(2)19-14-16-21(17-15-19)35-23-13-9-8-12-22(23)25-24(27(31)33-3)26(28(32)34-4)30(29-25)20-10-6-5-7-11-20/h5-18H,1-4H3. The van der Waals surface area contributed by atoms with Gasteiger partial charge in [-0.3, -0.25) is 0 Å². The van der Waals surface area contributed by atoms with Crippen molar-refractivity contribution >= 4 is 11.9 Å². The molecule has 7 heteroatoms. The molecule has 0 saturated heterocycles. The van der Waals surface area contributed by atoms with E-state index < -0.39 is 11.9 Å². The zero-order chi connectivity index (χ0) is 24.9. The number of nitrogens with zero attached hydrogens (tertiary/aromatic N) is 2. The van der Waals surface area contributed by atoms with Gasteiger partial charge in [-0.05, 0) is 47.9 Å². The van der Waals surface area contributed by atoms with Gasteiger partial charge in [0.2, 0.25) is 0 Å². The van der Waals surface area contributed by atoms with E-state index in [9.17, 15) is 9.59 Å². The van der Waals surface area contributed by atoms with E-state index in [4.69, 9.17) is 14.2 Å². The number of hydrogen-bond acceptors (Lipinski definition) is 6. The highest BCUT2D eigenvalue weighted by Crippen LogP contribution is 2.37. The third kappa shape index (κ3) is 4.80. The van der Waals surface area contributed by atoms with Crippen LogP contribution in [0.25, 0.3) is 16.9 Å². The minimum atomic E-state index is -0.712. The molecule has 4 aromatic rings. The summed E-state index contributed by atoms with van der Waals surface area (Å²) in [5.74, 6) is 0.0909. The number of carbonyl (C=O) groups excluding carboxylic acids is 2. The maximum absolute atomic E-state index is 12.9. The van der Waals surface area contributed by atoms with Crippen molar-refractivity contribution in [3.63, 3.8) is 0 Å². The van der Waals surface area contributed by atoms with Crippen molar-refractivity contribution in [3.05, 3.63) is 95.7 Å². The molecular formula is C28H26N2O5. The first kappa shape index (κ1) is 23.8. The zero-order valence-corrected chi connectivity index (χ0v) is 20.0. The van der Waals surface area contributed by atoms with E-state index >= 15 is 0 Å². The molecule has 0 saturated carbocycles. The van der Waals surface area contributed by atoms with Crippen molar-refractivity contribution in [2.24, 2.45) is 0 Å². The normalized spacial score (nSPS) is 10.8. The lowest BCUT2D eigenvalue weighted by Gasteiger charge is -2.12. The maximum Gasteiger partial charge on any atom is 0.357 e. The average molecular weight is 471 g/mol. The fourth-order valence-electron chi connectivity index (χ4n) is 3.74. The summed E-state index contributed by atoms with van der Waals surface area (Å²) in [6.45, 7) is 4.25. The highest BCUT2D eigenvalue weighted by molar-refractivity contribution is 6.07. The Balaban J connectivity index is 1.89. The summed E-state index contributed by atoms with van der Waals surface area (Å²) in [6, 6.07) is 24.1. The van der Waals surface area contributed by atoms with E-state index in [0.717, 1.165) is 0 Å². The van der Waals surface area contributed by atoms with Crippen LogP contribution in [-0.2, 0) is 9.47 Å². The lowest BCUT2D eigenvalue weighted by molar-refractivity contribution is 0.0549. The fraction of sp³-hybridized carbons (Fsp3) is 0.179. The van der Waals surface area contributed by atoms with Crippen molar-refractivity contribution in [1.29, 1.82) is 0 Å². The predicted molar refractivity (Wildman–Crippen MR) is 132 cm³/mol. The molecule has 3 aromatic carbocycles. The van der Waals surface area contributed by atoms with Gasteiger partial charge in [0.25, 0.3) is 0 Å². The van der Waals surface area contributed by atoms with Crippen LogP contribution in [0.1, 0.15) is 46.2 Å². The number of para-hydroxylation sites is 2. The minimum absolute atomic E-state index is 0.00518. The maximum atomic E-state index is 12.9. The molecule has 0 aliphatic heterocycles. The van der Waals surface area contributed by atoms with Crippen LogP contribution in [0, 0.1) is 0 Å². The third-order valence-electron chi connectivity index (χ3n) is 5.57. The Morgan fingerprint density at radius 2 is 1.43 bits per heavy atom. The first-order chi connectivity index (χ1) is 16.9. The van der Waals surface area contributed by atoms with Crippen LogP contribution in [0.3, 0.4) is 0 Å². The van der Waals surface area contributed by atoms with Crippen molar-refractivity contribution in [1.82, 2.24) is 9.78 Å². The summed E-state index contributed by atoms with van der Waals surface area (Å²) in [5, 5.41) is 4.66. The average Bonchev–Trinajstić information content (AvgIpc) is 3.29. The predicted octanol–water partition coefficient (Wildman–Crippen LogP) is 6.03. The summed E-state index contributed by atoms with van der Waals surface area (Å²) >= 11 is 0. The highest BCUT2D eigenvalue weighted by atomic mass is 16.5. The van der Waals surface area contributed by atoms with Crippen LogP contribution in [0.5, 0.6) is 11.5 Å². The van der Waals surface area contributed by atoms with Gasteiger partial charge in [0, 0.05) is 5.56 Å². The second-order valence-electron chi connectivity index (χ2n) is 8.12. The monoisotopic (exact) mass is 470 g/mol. The van der Waals surface area contributed by atoms with Gasteiger partial charge in [0.15, 0.2) is 5.69 Å². The number of esters is 2. The van der Waals surface area contributed by atoms with Gasteiger partial charge in [0.1, 0.15) is 22.8 Å². The molecule has 0 spiro atoms. The number of aromatic nitrogens is 2. The van der Waals surface area contributed by atoms with Gasteiger partial charge < -0.3 is 14.2 Å². The molecule has 0 aliphatic carbocycles. The summed E-state index contributed by atoms with van der Waals surface area (Å²) < 4.78 is 17.6. The lowest BCUT2D eigenvalue weighted by Crippen LogP contribution is -2.15. The molecule has 4 rings (SSSR count). The molecule has 0 atom stereocenters. The van der Waals surface area contributed by atoms with Crippen molar-refractivity contribution in [3.8, 4) is 28.4 Å². The van der Waals surface area contributed by atoms with E-state index in [1.165, 1.54) is 24.5 Å². The molecule has 35 heavy (non-hydrogen) atoms. The largest absolute Gasteiger partial charge is 0.465 e. The molecule has 0 N–H and O–H groups in total. The molecule has 1 aromatic heterocycles. The van der Waals surface area contributed by atoms with E-state index in [1.807, 2.05) is 54.6 Å². The van der Waals surface area contributed by atoms with Crippen molar-refractivity contribution in [2.75, 3.05) is 14.2 Å². The number of ether oxygens (including phenoxy) is 3. The number of benzene rings is 3. The summed E-state index contributed by atoms with van der Waals surface area (Å²) in [7, 11) is 2.51. The molecule has 0 aliphatic rings. The van der Waals surface area contributed by atoms with Gasteiger partial charge in [-0.25, -0.2) is 14.3 Å². The second kappa shape index (κ2) is 10.3. The minimum Gasteiger partial charge on any atom is -0.465 e. The van der Waals surface area contributed by atoms with E-state index in [-0.39, 0.29) is 17.0 Å². The van der Waals surface area contributed by atoms with E-state index in [1.54, 1.807) is 24.3 Å². The quantitative estimate of drug-likeness (QED) is 0.307. The molecular weight excluding hydrogens is 444 g/mol. The summed E-state index contributed by atoms with van der Waals surface area (Å²) in [5.41, 5.74) is 2.53. The van der Waals surface area contributed by atoms with Gasteiger partial charge in [0.05, 0.1) is 19.9 Å². The van der Waals surface area contributed by atoms with Crippen LogP contribution in [-0.4, -0.2) is 35.9 Å². The van der Waals surface area contributed by atoms with Gasteiger partial charge >= 0.3 is 11.9 Å². The first-order valence-corrected chi connectivity index (χ1v) is 11.2. The Kier molecular flexibility index (Phi) is 6.96. The topological polar surface area (TPSA) is 79.7 Å². The smallest absolute Gasteiger partial charge is 0.357 e. The molecule has 0 radical (unpaired) electrons. The Hall–Kier alpha value is -4.39. The highest BCUT2D eigenvalue weighted by Gasteiger charge is 2.32. The number of rotatable bonds is 7. The second-order valence-corrected chi connectivity index (χ2v) is 8.12. The summed E-state index contributed by atoms with van der Waals surface area (Å²) in [6.07, 6.45) is 0. The molecule has 0 fully saturated rings. The van der Waals surface area contributed by atoms with Gasteiger partial charge in [-0.1, -0.05) is 56.3 Å². The first-order valence-electron chi connectivity index (χ1n) is 11.2. The summed E-state index contributed by atoms with van der Waals surface area (Å²) in [4.78, 5) is 25.8. The number of hydrogen-bond donors (Lipinski definition) is 0. The van der Waals surface area contributed by atoms with E-state index in [0.29, 0.717) is 28.7 Å². The number of carbonyl (C=O) groups is 2. The SMILES string of the molecule is COC(=O)c1c(-c2ccccc2Oc2ccc(C(C)C)cc2)nn(-c2ccccc2)c1C(=O)OC. The Morgan fingerprint density at radius 1 is 0.800 bits per heavy atom. The molecule has 0 amide bonds. The van der Waals surface area contributed by atoms with Crippen molar-refractivity contribution in [2.45, 2.75) is 19.8 Å². The molecule has 7 nitrogen and oxygen atoms in total. The van der Waals surface area contributed by atoms with Crippen LogP contribution < -0.4 is 4.74 Å². The van der Waals surface area contributed by atoms with Crippen molar-refractivity contribution < 1.29 is 23.8 Å². The van der Waals surface area contributed by atoms with Crippen LogP contribution in [0.4, 0.5) is 0 Å². The molecule has 178 valence electrons. The Labute approximate surface area is 203 Å². The Morgan fingerprint density at radius 3 is 2.06 bits per heavy atom. The molecule has 1 heterocycles. The number of methoxy groups -OCH3 is 2. The third-order valence-corrected chi connectivity index (χ3v) is 5.57. The van der Waals surface area contributed by atoms with Crippen LogP contribution in [0.15, 0.2) is 78.9 Å². The lowest BCUT2D eigenvalue weighted by atomic mass is 10.0. The van der Waals surface area contributed by atoms with E-state index in [2.05, 4.69) is 18.9 Å². The zero-order valence-electron chi connectivity index (χ0n) is 20.0. The van der Waals surface area contributed by atoms with Gasteiger partial charge in [-0.15, -0.1) is 0 Å². The van der Waals surface area contributed by atoms with Gasteiger partial charge in [-0.2, -0.15) is 5.10 Å². The Bertz CT molecular complexity index is 1340. The van der Waals surface area contributed by atoms with Crippen LogP contribution in [0.2, 0.25) is 0 Å².